The molecule has 0 aliphatic carbocycles. The van der Waals surface area contributed by atoms with Crippen molar-refractivity contribution in [2.75, 3.05) is 0 Å². The topological polar surface area (TPSA) is 47.8 Å². The summed E-state index contributed by atoms with van der Waals surface area (Å²) in [5.41, 5.74) is 1.58. The molecule has 0 saturated heterocycles. The van der Waals surface area contributed by atoms with Crippen molar-refractivity contribution >= 4 is 16.9 Å². The minimum absolute atomic E-state index is 0.0475. The molecule has 0 aliphatic heterocycles. The van der Waals surface area contributed by atoms with E-state index in [1.807, 2.05) is 24.3 Å². The van der Waals surface area contributed by atoms with E-state index in [0.717, 1.165) is 23.9 Å². The zero-order chi connectivity index (χ0) is 19.9. The first kappa shape index (κ1) is 22.3. The Hall–Kier alpha value is -1.97. The average Bonchev–Trinajstić information content (AvgIpc) is 3.15. The molecule has 0 N–H and O–H groups in total. The normalized spacial score (nSPS) is 11.6. The molecule has 1 aromatic heterocycles. The lowest BCUT2D eigenvalue weighted by Gasteiger charge is -2.02. The highest BCUT2D eigenvalue weighted by molar-refractivity contribution is 5.88. The van der Waals surface area contributed by atoms with E-state index >= 15 is 0 Å². The van der Waals surface area contributed by atoms with Gasteiger partial charge in [0.15, 0.2) is 0 Å². The monoisotopic (exact) mass is 383 g/mol. The Balaban J connectivity index is 1.43. The van der Waals surface area contributed by atoms with Gasteiger partial charge in [0.2, 0.25) is 5.91 Å². The number of benzene rings is 1. The molecule has 2 rings (SSSR count). The number of nitrogens with zero attached hydrogens (tertiary/aromatic N) is 3. The van der Waals surface area contributed by atoms with Crippen LogP contribution in [0, 0.1) is 0 Å². The highest BCUT2D eigenvalue weighted by Gasteiger charge is 2.10. The summed E-state index contributed by atoms with van der Waals surface area (Å²) >= 11 is 0. The van der Waals surface area contributed by atoms with E-state index in [9.17, 15) is 4.79 Å². The molecule has 2 aromatic rings. The van der Waals surface area contributed by atoms with Gasteiger partial charge in [0, 0.05) is 6.42 Å². The summed E-state index contributed by atoms with van der Waals surface area (Å²) < 4.78 is 1.45. The summed E-state index contributed by atoms with van der Waals surface area (Å²) in [6, 6.07) is 7.61. The molecule has 0 radical (unpaired) electrons. The van der Waals surface area contributed by atoms with E-state index < -0.39 is 0 Å². The van der Waals surface area contributed by atoms with E-state index in [4.69, 9.17) is 0 Å². The number of fused-ring (bicyclic) bond motifs is 1. The van der Waals surface area contributed by atoms with Crippen molar-refractivity contribution < 1.29 is 4.79 Å². The molecule has 0 fully saturated rings. The third kappa shape index (κ3) is 8.37. The largest absolute Gasteiger partial charge is 0.273 e. The van der Waals surface area contributed by atoms with Crippen LogP contribution in [0.5, 0.6) is 0 Å². The Labute approximate surface area is 170 Å². The summed E-state index contributed by atoms with van der Waals surface area (Å²) in [5.74, 6) is 0.0475. The van der Waals surface area contributed by atoms with Crippen LogP contribution in [0.3, 0.4) is 0 Å². The number of para-hydroxylation sites is 1. The van der Waals surface area contributed by atoms with Crippen molar-refractivity contribution in [3.05, 3.63) is 36.4 Å². The van der Waals surface area contributed by atoms with Gasteiger partial charge in [0.25, 0.3) is 0 Å². The van der Waals surface area contributed by atoms with Crippen molar-refractivity contribution in [3.8, 4) is 0 Å². The minimum atomic E-state index is 0.0475. The van der Waals surface area contributed by atoms with Crippen LogP contribution in [-0.4, -0.2) is 20.9 Å². The predicted octanol–water partition coefficient (Wildman–Crippen LogP) is 7.11. The Bertz CT molecular complexity index is 705. The highest BCUT2D eigenvalue weighted by atomic mass is 16.2. The molecule has 0 aliphatic rings. The fourth-order valence-corrected chi connectivity index (χ4v) is 3.51. The fraction of sp³-hybridized carbons (Fsp3) is 0.625. The van der Waals surface area contributed by atoms with Gasteiger partial charge in [-0.15, -0.1) is 5.10 Å². The Kier molecular flexibility index (Phi) is 11.2. The van der Waals surface area contributed by atoms with Crippen molar-refractivity contribution in [2.24, 2.45) is 0 Å². The third-order valence-corrected chi connectivity index (χ3v) is 5.24. The average molecular weight is 384 g/mol. The lowest BCUT2D eigenvalue weighted by Crippen LogP contribution is -2.12. The molecule has 0 unspecified atom stereocenters. The lowest BCUT2D eigenvalue weighted by molar-refractivity contribution is 0.0886. The van der Waals surface area contributed by atoms with Gasteiger partial charge in [-0.1, -0.05) is 87.8 Å². The van der Waals surface area contributed by atoms with Gasteiger partial charge in [0.05, 0.1) is 5.52 Å². The number of hydrogen-bond donors (Lipinski definition) is 0. The zero-order valence-electron chi connectivity index (χ0n) is 17.6. The quantitative estimate of drug-likeness (QED) is 0.243. The number of rotatable bonds is 15. The Morgan fingerprint density at radius 2 is 1.46 bits per heavy atom. The zero-order valence-corrected chi connectivity index (χ0v) is 17.6. The Morgan fingerprint density at radius 1 is 0.857 bits per heavy atom. The SMILES string of the molecule is CCCCCCCC/C=C/CCCCCCCC(=O)n1nnc2ccccc21. The molecule has 0 amide bonds. The van der Waals surface area contributed by atoms with Crippen LogP contribution in [0.1, 0.15) is 102 Å². The summed E-state index contributed by atoms with van der Waals surface area (Å²) in [5, 5.41) is 8.04. The van der Waals surface area contributed by atoms with Gasteiger partial charge < -0.3 is 0 Å². The first-order valence-electron chi connectivity index (χ1n) is 11.3. The molecule has 4 heteroatoms. The lowest BCUT2D eigenvalue weighted by atomic mass is 10.1. The molecule has 4 nitrogen and oxygen atoms in total. The maximum absolute atomic E-state index is 12.3. The third-order valence-electron chi connectivity index (χ3n) is 5.24. The van der Waals surface area contributed by atoms with E-state index in [1.165, 1.54) is 75.3 Å². The standard InChI is InChI=1S/C24H37N3O/c1-2-3-4-5-6-7-8-9-10-11-12-13-14-15-16-21-24(28)27-23-20-18-17-19-22(23)25-26-27/h9-10,17-20H,2-8,11-16,21H2,1H3/b10-9+. The molecular weight excluding hydrogens is 346 g/mol. The first-order valence-corrected chi connectivity index (χ1v) is 11.3. The summed E-state index contributed by atoms with van der Waals surface area (Å²) in [7, 11) is 0. The van der Waals surface area contributed by atoms with Crippen LogP contribution in [-0.2, 0) is 0 Å². The molecule has 1 aromatic carbocycles. The van der Waals surface area contributed by atoms with E-state index in [2.05, 4.69) is 29.4 Å². The fourth-order valence-electron chi connectivity index (χ4n) is 3.51. The number of carbonyl (C=O) groups is 1. The second-order valence-corrected chi connectivity index (χ2v) is 7.72. The van der Waals surface area contributed by atoms with Crippen LogP contribution in [0.2, 0.25) is 0 Å². The van der Waals surface area contributed by atoms with Crippen molar-refractivity contribution in [1.29, 1.82) is 0 Å². The van der Waals surface area contributed by atoms with Gasteiger partial charge in [-0.25, -0.2) is 0 Å². The predicted molar refractivity (Wildman–Crippen MR) is 118 cm³/mol. The van der Waals surface area contributed by atoms with E-state index in [0.29, 0.717) is 6.42 Å². The van der Waals surface area contributed by atoms with Crippen molar-refractivity contribution in [2.45, 2.75) is 96.8 Å². The highest BCUT2D eigenvalue weighted by Crippen LogP contribution is 2.13. The van der Waals surface area contributed by atoms with Crippen LogP contribution in [0.4, 0.5) is 0 Å². The minimum Gasteiger partial charge on any atom is -0.273 e. The van der Waals surface area contributed by atoms with Gasteiger partial charge in [-0.05, 0) is 44.2 Å². The molecule has 0 atom stereocenters. The first-order chi connectivity index (χ1) is 13.8. The molecule has 0 spiro atoms. The van der Waals surface area contributed by atoms with Gasteiger partial charge in [0.1, 0.15) is 5.52 Å². The maximum Gasteiger partial charge on any atom is 0.248 e. The molecule has 0 saturated carbocycles. The second kappa shape index (κ2) is 14.1. The van der Waals surface area contributed by atoms with Crippen LogP contribution in [0.15, 0.2) is 36.4 Å². The van der Waals surface area contributed by atoms with Crippen molar-refractivity contribution in [1.82, 2.24) is 15.0 Å². The number of unbranched alkanes of at least 4 members (excludes halogenated alkanes) is 11. The maximum atomic E-state index is 12.3. The van der Waals surface area contributed by atoms with Crippen LogP contribution < -0.4 is 0 Å². The molecule has 28 heavy (non-hydrogen) atoms. The number of aromatic nitrogens is 3. The van der Waals surface area contributed by atoms with E-state index in [1.54, 1.807) is 0 Å². The summed E-state index contributed by atoms with van der Waals surface area (Å²) in [6.07, 6.45) is 21.7. The molecule has 154 valence electrons. The van der Waals surface area contributed by atoms with Gasteiger partial charge in [-0.3, -0.25) is 4.79 Å². The number of hydrogen-bond acceptors (Lipinski definition) is 3. The van der Waals surface area contributed by atoms with Gasteiger partial charge >= 0.3 is 0 Å². The number of carbonyl (C=O) groups excluding carboxylic acids is 1. The summed E-state index contributed by atoms with van der Waals surface area (Å²) in [6.45, 7) is 2.27. The number of allylic oxidation sites excluding steroid dienone is 2. The van der Waals surface area contributed by atoms with Gasteiger partial charge in [-0.2, -0.15) is 4.68 Å². The molecule has 0 bridgehead atoms. The second-order valence-electron chi connectivity index (χ2n) is 7.72. The smallest absolute Gasteiger partial charge is 0.248 e. The van der Waals surface area contributed by atoms with Crippen LogP contribution in [0.25, 0.3) is 11.0 Å². The Morgan fingerprint density at radius 3 is 2.18 bits per heavy atom. The summed E-state index contributed by atoms with van der Waals surface area (Å²) in [4.78, 5) is 12.3. The molecular formula is C24H37N3O. The van der Waals surface area contributed by atoms with Crippen molar-refractivity contribution in [3.63, 3.8) is 0 Å². The molecule has 1 heterocycles. The van der Waals surface area contributed by atoms with E-state index in [-0.39, 0.29) is 5.91 Å². The van der Waals surface area contributed by atoms with Crippen LogP contribution >= 0.6 is 0 Å².